The zero-order chi connectivity index (χ0) is 17.8. The van der Waals surface area contributed by atoms with E-state index in [1.807, 2.05) is 25.1 Å². The lowest BCUT2D eigenvalue weighted by Crippen LogP contribution is -2.13. The van der Waals surface area contributed by atoms with Gasteiger partial charge in [-0.25, -0.2) is 4.79 Å². The molecule has 0 saturated carbocycles. The molecule has 0 saturated heterocycles. The molecule has 0 spiro atoms. The highest BCUT2D eigenvalue weighted by molar-refractivity contribution is 6.09. The molecule has 0 radical (unpaired) electrons. The van der Waals surface area contributed by atoms with Gasteiger partial charge in [0.05, 0.1) is 18.9 Å². The molecule has 1 aliphatic rings. The smallest absolute Gasteiger partial charge is 0.337 e. The van der Waals surface area contributed by atoms with E-state index in [1.165, 1.54) is 13.4 Å². The SMILES string of the molecule is COC(=O)c1cccc(NC(=O)C2=Cc3ccc(C)cc3OC=C2)c1. The number of esters is 1. The summed E-state index contributed by atoms with van der Waals surface area (Å²) in [6.45, 7) is 1.98. The van der Waals surface area contributed by atoms with Gasteiger partial charge in [-0.05, 0) is 48.9 Å². The van der Waals surface area contributed by atoms with Gasteiger partial charge in [0, 0.05) is 16.8 Å². The molecular formula is C20H17NO4. The minimum atomic E-state index is -0.456. The van der Waals surface area contributed by atoms with Crippen LogP contribution >= 0.6 is 0 Å². The monoisotopic (exact) mass is 335 g/mol. The largest absolute Gasteiger partial charge is 0.465 e. The molecule has 5 nitrogen and oxygen atoms in total. The molecule has 5 heteroatoms. The fourth-order valence-electron chi connectivity index (χ4n) is 2.45. The minimum absolute atomic E-state index is 0.296. The molecular weight excluding hydrogens is 318 g/mol. The van der Waals surface area contributed by atoms with E-state index in [0.717, 1.165) is 11.1 Å². The van der Waals surface area contributed by atoms with E-state index in [4.69, 9.17) is 4.74 Å². The second-order valence-corrected chi connectivity index (χ2v) is 5.59. The van der Waals surface area contributed by atoms with Gasteiger partial charge in [0.25, 0.3) is 5.91 Å². The summed E-state index contributed by atoms with van der Waals surface area (Å²) in [4.78, 5) is 24.1. The Bertz CT molecular complexity index is 896. The van der Waals surface area contributed by atoms with E-state index in [0.29, 0.717) is 22.6 Å². The van der Waals surface area contributed by atoms with Gasteiger partial charge >= 0.3 is 5.97 Å². The summed E-state index contributed by atoms with van der Waals surface area (Å²) >= 11 is 0. The predicted octanol–water partition coefficient (Wildman–Crippen LogP) is 3.71. The normalized spacial score (nSPS) is 12.3. The van der Waals surface area contributed by atoms with Gasteiger partial charge in [-0.1, -0.05) is 18.2 Å². The number of ether oxygens (including phenoxy) is 2. The molecule has 0 aliphatic carbocycles. The lowest BCUT2D eigenvalue weighted by atomic mass is 10.1. The highest BCUT2D eigenvalue weighted by Gasteiger charge is 2.13. The highest BCUT2D eigenvalue weighted by atomic mass is 16.5. The van der Waals surface area contributed by atoms with Crippen LogP contribution in [0.1, 0.15) is 21.5 Å². The van der Waals surface area contributed by atoms with Crippen LogP contribution in [-0.2, 0) is 9.53 Å². The minimum Gasteiger partial charge on any atom is -0.465 e. The Hall–Kier alpha value is -3.34. The van der Waals surface area contributed by atoms with E-state index in [-0.39, 0.29) is 5.91 Å². The zero-order valence-corrected chi connectivity index (χ0v) is 13.9. The molecule has 2 aromatic rings. The number of rotatable bonds is 3. The van der Waals surface area contributed by atoms with Crippen LogP contribution in [0.5, 0.6) is 5.75 Å². The molecule has 3 rings (SSSR count). The van der Waals surface area contributed by atoms with Crippen molar-refractivity contribution in [3.8, 4) is 5.75 Å². The lowest BCUT2D eigenvalue weighted by Gasteiger charge is -2.07. The molecule has 0 fully saturated rings. The van der Waals surface area contributed by atoms with E-state index >= 15 is 0 Å². The fraction of sp³-hybridized carbons (Fsp3) is 0.100. The number of anilines is 1. The molecule has 25 heavy (non-hydrogen) atoms. The van der Waals surface area contributed by atoms with Crippen LogP contribution in [0.25, 0.3) is 6.08 Å². The maximum absolute atomic E-state index is 12.5. The fourth-order valence-corrected chi connectivity index (χ4v) is 2.45. The van der Waals surface area contributed by atoms with Gasteiger partial charge in [0.2, 0.25) is 0 Å². The first-order valence-corrected chi connectivity index (χ1v) is 7.72. The van der Waals surface area contributed by atoms with Crippen molar-refractivity contribution in [2.24, 2.45) is 0 Å². The zero-order valence-electron chi connectivity index (χ0n) is 13.9. The first-order valence-electron chi connectivity index (χ1n) is 7.72. The Labute approximate surface area is 145 Å². The van der Waals surface area contributed by atoms with Crippen molar-refractivity contribution < 1.29 is 19.1 Å². The molecule has 0 bridgehead atoms. The van der Waals surface area contributed by atoms with Crippen molar-refractivity contribution in [3.05, 3.63) is 77.1 Å². The molecule has 0 atom stereocenters. The predicted molar refractivity (Wildman–Crippen MR) is 95.3 cm³/mol. The Kier molecular flexibility index (Phi) is 4.66. The van der Waals surface area contributed by atoms with Crippen LogP contribution < -0.4 is 10.1 Å². The summed E-state index contributed by atoms with van der Waals surface area (Å²) < 4.78 is 10.2. The summed E-state index contributed by atoms with van der Waals surface area (Å²) in [5, 5.41) is 2.78. The second-order valence-electron chi connectivity index (χ2n) is 5.59. The van der Waals surface area contributed by atoms with Crippen molar-refractivity contribution in [1.82, 2.24) is 0 Å². The standard InChI is InChI=1S/C20H17NO4/c1-13-6-7-14-11-15(8-9-25-18(14)10-13)19(22)21-17-5-3-4-16(12-17)20(23)24-2/h3-12H,1-2H3,(H,21,22). The molecule has 1 amide bonds. The Morgan fingerprint density at radius 1 is 1.12 bits per heavy atom. The Morgan fingerprint density at radius 2 is 1.96 bits per heavy atom. The molecule has 1 aliphatic heterocycles. The van der Waals surface area contributed by atoms with Crippen molar-refractivity contribution in [2.45, 2.75) is 6.92 Å². The number of aryl methyl sites for hydroxylation is 1. The number of hydrogen-bond donors (Lipinski definition) is 1. The van der Waals surface area contributed by atoms with Gasteiger partial charge < -0.3 is 14.8 Å². The van der Waals surface area contributed by atoms with Crippen molar-refractivity contribution >= 4 is 23.6 Å². The molecule has 2 aromatic carbocycles. The Morgan fingerprint density at radius 3 is 2.76 bits per heavy atom. The number of nitrogens with one attached hydrogen (secondary N) is 1. The van der Waals surface area contributed by atoms with E-state index in [9.17, 15) is 9.59 Å². The molecule has 1 heterocycles. The number of amides is 1. The van der Waals surface area contributed by atoms with Gasteiger partial charge in [-0.2, -0.15) is 0 Å². The van der Waals surface area contributed by atoms with Gasteiger partial charge in [-0.15, -0.1) is 0 Å². The summed E-state index contributed by atoms with van der Waals surface area (Å²) in [6, 6.07) is 12.4. The quantitative estimate of drug-likeness (QED) is 0.869. The molecule has 0 unspecified atom stereocenters. The third-order valence-corrected chi connectivity index (χ3v) is 3.73. The number of fused-ring (bicyclic) bond motifs is 1. The summed E-state index contributed by atoms with van der Waals surface area (Å²) in [5.41, 5.74) is 3.23. The van der Waals surface area contributed by atoms with Crippen LogP contribution in [0.3, 0.4) is 0 Å². The van der Waals surface area contributed by atoms with Crippen LogP contribution in [0, 0.1) is 6.92 Å². The van der Waals surface area contributed by atoms with E-state index < -0.39 is 5.97 Å². The van der Waals surface area contributed by atoms with Crippen molar-refractivity contribution in [2.75, 3.05) is 12.4 Å². The van der Waals surface area contributed by atoms with Gasteiger partial charge in [0.15, 0.2) is 0 Å². The van der Waals surface area contributed by atoms with Crippen LogP contribution in [0.15, 0.2) is 60.4 Å². The van der Waals surface area contributed by atoms with Gasteiger partial charge in [0.1, 0.15) is 5.75 Å². The Balaban J connectivity index is 1.84. The van der Waals surface area contributed by atoms with Crippen LogP contribution in [0.2, 0.25) is 0 Å². The summed E-state index contributed by atoms with van der Waals surface area (Å²) in [5.74, 6) is -0.0515. The molecule has 126 valence electrons. The van der Waals surface area contributed by atoms with Crippen LogP contribution in [0.4, 0.5) is 5.69 Å². The maximum atomic E-state index is 12.5. The number of benzene rings is 2. The third kappa shape index (κ3) is 3.77. The average molecular weight is 335 g/mol. The van der Waals surface area contributed by atoms with E-state index in [1.54, 1.807) is 36.4 Å². The van der Waals surface area contributed by atoms with E-state index in [2.05, 4.69) is 10.1 Å². The lowest BCUT2D eigenvalue weighted by molar-refractivity contribution is -0.112. The number of methoxy groups -OCH3 is 1. The number of carbonyl (C=O) groups is 2. The average Bonchev–Trinajstić information content (AvgIpc) is 2.83. The molecule has 1 N–H and O–H groups in total. The van der Waals surface area contributed by atoms with Crippen molar-refractivity contribution in [1.29, 1.82) is 0 Å². The first kappa shape index (κ1) is 16.5. The second kappa shape index (κ2) is 7.05. The highest BCUT2D eigenvalue weighted by Crippen LogP contribution is 2.26. The summed E-state index contributed by atoms with van der Waals surface area (Å²) in [6.07, 6.45) is 4.86. The number of hydrogen-bond acceptors (Lipinski definition) is 4. The summed E-state index contributed by atoms with van der Waals surface area (Å²) in [7, 11) is 1.31. The van der Waals surface area contributed by atoms with Gasteiger partial charge in [-0.3, -0.25) is 4.79 Å². The third-order valence-electron chi connectivity index (χ3n) is 3.73. The number of carbonyl (C=O) groups excluding carboxylic acids is 2. The topological polar surface area (TPSA) is 64.6 Å². The molecule has 0 aromatic heterocycles. The maximum Gasteiger partial charge on any atom is 0.337 e. The van der Waals surface area contributed by atoms with Crippen LogP contribution in [-0.4, -0.2) is 19.0 Å². The van der Waals surface area contributed by atoms with Crippen molar-refractivity contribution in [3.63, 3.8) is 0 Å². The first-order chi connectivity index (χ1) is 12.1.